The van der Waals surface area contributed by atoms with Crippen LogP contribution in [0.4, 0.5) is 13.2 Å². The van der Waals surface area contributed by atoms with Gasteiger partial charge in [0.25, 0.3) is 11.8 Å². The molecule has 0 spiro atoms. The molecule has 1 saturated heterocycles. The molecule has 0 radical (unpaired) electrons. The molecule has 34 heavy (non-hydrogen) atoms. The number of H-pyrrole nitrogens is 1. The minimum atomic E-state index is -4.88. The third-order valence-electron chi connectivity index (χ3n) is 5.62. The van der Waals surface area contributed by atoms with Crippen molar-refractivity contribution in [3.8, 4) is 0 Å². The molecule has 0 saturated carbocycles. The summed E-state index contributed by atoms with van der Waals surface area (Å²) in [6.45, 7) is 2.23. The number of hydrogen-bond donors (Lipinski definition) is 2. The lowest BCUT2D eigenvalue weighted by atomic mass is 10.0. The summed E-state index contributed by atoms with van der Waals surface area (Å²) in [7, 11) is 0. The zero-order valence-electron chi connectivity index (χ0n) is 18.2. The average molecular weight is 495 g/mol. The highest BCUT2D eigenvalue weighted by Crippen LogP contribution is 2.24. The molecule has 1 aliphatic rings. The monoisotopic (exact) mass is 494 g/mol. The Bertz CT molecular complexity index is 1220. The second-order valence-corrected chi connectivity index (χ2v) is 8.53. The van der Waals surface area contributed by atoms with Crippen LogP contribution in [-0.2, 0) is 4.74 Å². The molecule has 2 amide bonds. The van der Waals surface area contributed by atoms with E-state index in [0.717, 1.165) is 12.8 Å². The van der Waals surface area contributed by atoms with E-state index in [9.17, 15) is 22.8 Å². The van der Waals surface area contributed by atoms with Gasteiger partial charge in [0.05, 0.1) is 17.6 Å². The molecule has 1 fully saturated rings. The molecule has 2 aromatic carbocycles. The number of benzene rings is 2. The number of likely N-dealkylation sites (tertiary alicyclic amines) is 1. The Hall–Kier alpha value is -3.11. The Morgan fingerprint density at radius 3 is 2.62 bits per heavy atom. The molecular formula is C23H22ClF3N4O3. The Kier molecular flexibility index (Phi) is 6.81. The van der Waals surface area contributed by atoms with Gasteiger partial charge in [-0.05, 0) is 61.7 Å². The first-order valence-corrected chi connectivity index (χ1v) is 11.0. The molecule has 180 valence electrons. The number of rotatable bonds is 6. The summed E-state index contributed by atoms with van der Waals surface area (Å²) in [5, 5.41) is 2.97. The fourth-order valence-corrected chi connectivity index (χ4v) is 4.08. The lowest BCUT2D eigenvalue weighted by molar-refractivity contribution is -0.326. The lowest BCUT2D eigenvalue weighted by Crippen LogP contribution is -2.34. The first-order valence-electron chi connectivity index (χ1n) is 10.7. The van der Waals surface area contributed by atoms with Gasteiger partial charge in [-0.25, -0.2) is 4.98 Å². The third kappa shape index (κ3) is 5.51. The van der Waals surface area contributed by atoms with Gasteiger partial charge in [-0.2, -0.15) is 0 Å². The van der Waals surface area contributed by atoms with Crippen LogP contribution < -0.4 is 5.32 Å². The number of aromatic nitrogens is 2. The maximum Gasteiger partial charge on any atom is 0.522 e. The molecule has 3 aromatic rings. The van der Waals surface area contributed by atoms with Crippen LogP contribution >= 0.6 is 11.6 Å². The number of ether oxygens (including phenoxy) is 1. The first kappa shape index (κ1) is 24.0. The Labute approximate surface area is 198 Å². The van der Waals surface area contributed by atoms with Gasteiger partial charge in [-0.15, -0.1) is 13.2 Å². The smallest absolute Gasteiger partial charge is 0.340 e. The first-order chi connectivity index (χ1) is 16.1. The van der Waals surface area contributed by atoms with Crippen molar-refractivity contribution in [3.05, 3.63) is 63.9 Å². The van der Waals surface area contributed by atoms with Crippen LogP contribution in [0, 0.1) is 6.92 Å². The van der Waals surface area contributed by atoms with Crippen molar-refractivity contribution in [2.24, 2.45) is 0 Å². The van der Waals surface area contributed by atoms with E-state index in [2.05, 4.69) is 20.0 Å². The molecule has 2 heterocycles. The summed E-state index contributed by atoms with van der Waals surface area (Å²) in [5.74, 6) is -0.635. The highest BCUT2D eigenvalue weighted by atomic mass is 35.5. The molecule has 1 aliphatic heterocycles. The number of carbonyl (C=O) groups is 2. The number of nitrogens with zero attached hydrogens (tertiary/aromatic N) is 2. The zero-order chi connectivity index (χ0) is 24.5. The van der Waals surface area contributed by atoms with Crippen LogP contribution in [0.15, 0.2) is 36.4 Å². The fourth-order valence-electron chi connectivity index (χ4n) is 3.91. The molecule has 7 nitrogen and oxygen atoms in total. The summed E-state index contributed by atoms with van der Waals surface area (Å²) < 4.78 is 42.2. The van der Waals surface area contributed by atoms with E-state index < -0.39 is 24.9 Å². The van der Waals surface area contributed by atoms with Gasteiger partial charge >= 0.3 is 6.36 Å². The topological polar surface area (TPSA) is 87.3 Å². The molecule has 11 heteroatoms. The van der Waals surface area contributed by atoms with Crippen molar-refractivity contribution in [1.82, 2.24) is 20.2 Å². The standard InChI is InChI=1S/C23H22ClF3N4O3/c1-13-10-14(4-6-16(13)22(33)31-8-2-3-9-31)21(32)30-19(12-34-23(25,26)27)20-28-17-7-5-15(24)11-18(17)29-20/h4-7,10-11,19H,2-3,8-9,12H2,1H3,(H,28,29)(H,30,32)/t19-/m0/s1. The molecule has 0 aliphatic carbocycles. The van der Waals surface area contributed by atoms with Gasteiger partial charge in [-0.1, -0.05) is 11.6 Å². The number of hydrogen-bond acceptors (Lipinski definition) is 4. The third-order valence-corrected chi connectivity index (χ3v) is 5.86. The van der Waals surface area contributed by atoms with Gasteiger partial charge in [-0.3, -0.25) is 14.3 Å². The Balaban J connectivity index is 1.55. The number of aryl methyl sites for hydroxylation is 1. The summed E-state index contributed by atoms with van der Waals surface area (Å²) in [4.78, 5) is 34.5. The highest BCUT2D eigenvalue weighted by molar-refractivity contribution is 6.31. The van der Waals surface area contributed by atoms with E-state index in [1.165, 1.54) is 6.07 Å². The summed E-state index contributed by atoms with van der Waals surface area (Å²) in [5.41, 5.74) is 2.28. The van der Waals surface area contributed by atoms with Crippen LogP contribution in [0.25, 0.3) is 11.0 Å². The largest absolute Gasteiger partial charge is 0.522 e. The number of alkyl halides is 3. The van der Waals surface area contributed by atoms with E-state index in [4.69, 9.17) is 11.6 Å². The number of amides is 2. The quantitative estimate of drug-likeness (QED) is 0.517. The van der Waals surface area contributed by atoms with Crippen molar-refractivity contribution >= 4 is 34.4 Å². The molecule has 0 bridgehead atoms. The van der Waals surface area contributed by atoms with E-state index in [-0.39, 0.29) is 17.3 Å². The van der Waals surface area contributed by atoms with Gasteiger partial charge in [0, 0.05) is 29.2 Å². The second-order valence-electron chi connectivity index (χ2n) is 8.10. The summed E-state index contributed by atoms with van der Waals surface area (Å²) in [6, 6.07) is 8.16. The normalized spacial score (nSPS) is 15.0. The van der Waals surface area contributed by atoms with Crippen molar-refractivity contribution in [1.29, 1.82) is 0 Å². The maximum absolute atomic E-state index is 12.9. The Morgan fingerprint density at radius 2 is 1.94 bits per heavy atom. The van der Waals surface area contributed by atoms with Gasteiger partial charge < -0.3 is 15.2 Å². The van der Waals surface area contributed by atoms with Crippen molar-refractivity contribution in [3.63, 3.8) is 0 Å². The van der Waals surface area contributed by atoms with Gasteiger partial charge in [0.1, 0.15) is 11.9 Å². The number of nitrogens with one attached hydrogen (secondary N) is 2. The SMILES string of the molecule is Cc1cc(C(=O)N[C@@H](COC(F)(F)F)c2nc3ccc(Cl)cc3[nH]2)ccc1C(=O)N1CCCC1. The molecule has 4 rings (SSSR count). The fraction of sp³-hybridized carbons (Fsp3) is 0.348. The Morgan fingerprint density at radius 1 is 1.21 bits per heavy atom. The van der Waals surface area contributed by atoms with E-state index in [1.807, 2.05) is 0 Å². The van der Waals surface area contributed by atoms with Gasteiger partial charge in [0.15, 0.2) is 0 Å². The predicted octanol–water partition coefficient (Wildman–Crippen LogP) is 4.77. The van der Waals surface area contributed by atoms with E-state index >= 15 is 0 Å². The van der Waals surface area contributed by atoms with Crippen molar-refractivity contribution in [2.45, 2.75) is 32.2 Å². The summed E-state index contributed by atoms with van der Waals surface area (Å²) in [6.07, 6.45) is -2.96. The lowest BCUT2D eigenvalue weighted by Gasteiger charge is -2.19. The highest BCUT2D eigenvalue weighted by Gasteiger charge is 2.32. The van der Waals surface area contributed by atoms with Gasteiger partial charge in [0.2, 0.25) is 0 Å². The number of carbonyl (C=O) groups excluding carboxylic acids is 2. The van der Waals surface area contributed by atoms with Crippen LogP contribution in [0.5, 0.6) is 0 Å². The molecule has 1 atom stereocenters. The average Bonchev–Trinajstić information content (AvgIpc) is 3.45. The number of halogens is 4. The predicted molar refractivity (Wildman–Crippen MR) is 120 cm³/mol. The van der Waals surface area contributed by atoms with E-state index in [1.54, 1.807) is 42.2 Å². The molecule has 0 unspecified atom stereocenters. The molecule has 2 N–H and O–H groups in total. The number of imidazole rings is 1. The maximum atomic E-state index is 12.9. The number of aromatic amines is 1. The summed E-state index contributed by atoms with van der Waals surface area (Å²) >= 11 is 5.97. The molecular weight excluding hydrogens is 473 g/mol. The number of fused-ring (bicyclic) bond motifs is 1. The van der Waals surface area contributed by atoms with Crippen LogP contribution in [0.1, 0.15) is 51.0 Å². The van der Waals surface area contributed by atoms with Crippen LogP contribution in [0.3, 0.4) is 0 Å². The zero-order valence-corrected chi connectivity index (χ0v) is 19.0. The van der Waals surface area contributed by atoms with Crippen molar-refractivity contribution in [2.75, 3.05) is 19.7 Å². The second kappa shape index (κ2) is 9.63. The minimum Gasteiger partial charge on any atom is -0.340 e. The van der Waals surface area contributed by atoms with E-state index in [0.29, 0.717) is 40.3 Å². The minimum absolute atomic E-state index is 0.0902. The molecule has 1 aromatic heterocycles. The van der Waals surface area contributed by atoms with Crippen LogP contribution in [0.2, 0.25) is 5.02 Å². The van der Waals surface area contributed by atoms with Crippen molar-refractivity contribution < 1.29 is 27.5 Å². The van der Waals surface area contributed by atoms with Crippen LogP contribution in [-0.4, -0.2) is 52.7 Å².